The van der Waals surface area contributed by atoms with Crippen LogP contribution in [0.1, 0.15) is 32.6 Å². The Bertz CT molecular complexity index is 190. The average molecular weight is 247 g/mol. The van der Waals surface area contributed by atoms with E-state index in [-0.39, 0.29) is 5.91 Å². The Labute approximate surface area is 103 Å². The van der Waals surface area contributed by atoms with Crippen LogP contribution in [0.5, 0.6) is 0 Å². The fraction of sp³-hybridized carbons (Fsp3) is 0.909. The van der Waals surface area contributed by atoms with Crippen molar-refractivity contribution in [2.75, 3.05) is 25.6 Å². The van der Waals surface area contributed by atoms with Crippen LogP contribution in [-0.4, -0.2) is 42.4 Å². The van der Waals surface area contributed by atoms with Gasteiger partial charge in [0.15, 0.2) is 0 Å². The van der Waals surface area contributed by atoms with E-state index in [0.29, 0.717) is 12.5 Å². The summed E-state index contributed by atoms with van der Waals surface area (Å²) in [7, 11) is 2.16. The second kappa shape index (κ2) is 9.93. The third-order valence-electron chi connectivity index (χ3n) is 2.78. The molecular formula is C11H25N3OS. The fourth-order valence-corrected chi connectivity index (χ4v) is 2.53. The van der Waals surface area contributed by atoms with Gasteiger partial charge in [-0.2, -0.15) is 11.8 Å². The maximum Gasteiger partial charge on any atom is 0.233 e. The molecule has 0 bridgehead atoms. The lowest BCUT2D eigenvalue weighted by Crippen LogP contribution is -2.34. The Hall–Kier alpha value is -0.260. The van der Waals surface area contributed by atoms with Crippen molar-refractivity contribution in [3.05, 3.63) is 0 Å². The van der Waals surface area contributed by atoms with Crippen LogP contribution in [0.15, 0.2) is 0 Å². The number of carbonyl (C=O) groups is 1. The summed E-state index contributed by atoms with van der Waals surface area (Å²) in [5.74, 6) is 6.12. The van der Waals surface area contributed by atoms with E-state index in [0.717, 1.165) is 19.4 Å². The van der Waals surface area contributed by atoms with Crippen molar-refractivity contribution in [1.29, 1.82) is 0 Å². The van der Waals surface area contributed by atoms with Crippen molar-refractivity contribution < 1.29 is 4.79 Å². The van der Waals surface area contributed by atoms with Gasteiger partial charge in [0.1, 0.15) is 0 Å². The molecule has 0 heterocycles. The van der Waals surface area contributed by atoms with E-state index < -0.39 is 0 Å². The number of amides is 1. The summed E-state index contributed by atoms with van der Waals surface area (Å²) >= 11 is 1.89. The highest BCUT2D eigenvalue weighted by atomic mass is 32.2. The van der Waals surface area contributed by atoms with E-state index in [2.05, 4.69) is 30.6 Å². The molecule has 1 atom stereocenters. The van der Waals surface area contributed by atoms with Gasteiger partial charge in [-0.25, -0.2) is 5.84 Å². The van der Waals surface area contributed by atoms with Crippen LogP contribution in [0, 0.1) is 0 Å². The van der Waals surface area contributed by atoms with Crippen LogP contribution in [0.3, 0.4) is 0 Å². The Morgan fingerprint density at radius 2 is 2.19 bits per heavy atom. The fourth-order valence-electron chi connectivity index (χ4n) is 1.65. The molecule has 0 aliphatic rings. The normalized spacial score (nSPS) is 12.8. The van der Waals surface area contributed by atoms with E-state index in [4.69, 9.17) is 5.84 Å². The predicted octanol–water partition coefficient (Wildman–Crippen LogP) is 1.22. The summed E-state index contributed by atoms with van der Waals surface area (Å²) in [6, 6.07) is 0.651. The van der Waals surface area contributed by atoms with E-state index in [9.17, 15) is 4.79 Å². The van der Waals surface area contributed by atoms with Crippen molar-refractivity contribution in [1.82, 2.24) is 10.3 Å². The number of rotatable bonds is 9. The molecule has 3 N–H and O–H groups in total. The number of nitrogens with one attached hydrogen (secondary N) is 1. The number of hydrogen-bond acceptors (Lipinski definition) is 4. The van der Waals surface area contributed by atoms with Gasteiger partial charge < -0.3 is 4.90 Å². The van der Waals surface area contributed by atoms with Crippen LogP contribution in [0.2, 0.25) is 0 Å². The lowest BCUT2D eigenvalue weighted by molar-refractivity contribution is -0.121. The molecule has 0 rings (SSSR count). The molecular weight excluding hydrogens is 222 g/mol. The highest BCUT2D eigenvalue weighted by molar-refractivity contribution is 7.98. The van der Waals surface area contributed by atoms with E-state index in [1.54, 1.807) is 0 Å². The number of nitrogens with two attached hydrogens (primary N) is 1. The molecule has 0 aliphatic heterocycles. The van der Waals surface area contributed by atoms with Crippen LogP contribution in [-0.2, 0) is 4.79 Å². The number of hydrazine groups is 1. The lowest BCUT2D eigenvalue weighted by Gasteiger charge is -2.26. The minimum absolute atomic E-state index is 0.0705. The van der Waals surface area contributed by atoms with E-state index >= 15 is 0 Å². The standard InChI is InChI=1S/C11H25N3OS/c1-4-10(9-16-3)14(2)8-6-5-7-11(15)13-12/h10H,4-9,12H2,1-3H3,(H,13,15). The zero-order valence-corrected chi connectivity index (χ0v) is 11.5. The molecule has 4 nitrogen and oxygen atoms in total. The highest BCUT2D eigenvalue weighted by Crippen LogP contribution is 2.09. The first kappa shape index (κ1) is 15.7. The Morgan fingerprint density at radius 1 is 1.50 bits per heavy atom. The smallest absolute Gasteiger partial charge is 0.233 e. The molecule has 0 fully saturated rings. The Balaban J connectivity index is 3.62. The van der Waals surface area contributed by atoms with Gasteiger partial charge in [-0.15, -0.1) is 0 Å². The summed E-state index contributed by atoms with van der Waals surface area (Å²) in [6.07, 6.45) is 5.81. The first-order chi connectivity index (χ1) is 7.65. The van der Waals surface area contributed by atoms with Crippen LogP contribution in [0.4, 0.5) is 0 Å². The van der Waals surface area contributed by atoms with Gasteiger partial charge in [-0.3, -0.25) is 10.2 Å². The van der Waals surface area contributed by atoms with Crippen LogP contribution >= 0.6 is 11.8 Å². The van der Waals surface area contributed by atoms with Crippen molar-refractivity contribution in [2.24, 2.45) is 5.84 Å². The number of carbonyl (C=O) groups excluding carboxylic acids is 1. The molecule has 0 aromatic heterocycles. The SMILES string of the molecule is CCC(CSC)N(C)CCCCC(=O)NN. The summed E-state index contributed by atoms with van der Waals surface area (Å²) < 4.78 is 0. The summed E-state index contributed by atoms with van der Waals surface area (Å²) in [5.41, 5.74) is 2.15. The lowest BCUT2D eigenvalue weighted by atomic mass is 10.2. The van der Waals surface area contributed by atoms with Gasteiger partial charge in [0.05, 0.1) is 0 Å². The van der Waals surface area contributed by atoms with Crippen molar-refractivity contribution in [2.45, 2.75) is 38.6 Å². The van der Waals surface area contributed by atoms with Gasteiger partial charge in [0.2, 0.25) is 5.91 Å². The van der Waals surface area contributed by atoms with E-state index in [1.165, 1.54) is 12.2 Å². The molecule has 0 spiro atoms. The second-order valence-electron chi connectivity index (χ2n) is 4.02. The molecule has 0 saturated carbocycles. The van der Waals surface area contributed by atoms with Crippen molar-refractivity contribution in [3.8, 4) is 0 Å². The maximum absolute atomic E-state index is 10.9. The van der Waals surface area contributed by atoms with Gasteiger partial charge >= 0.3 is 0 Å². The molecule has 0 aliphatic carbocycles. The second-order valence-corrected chi connectivity index (χ2v) is 4.93. The van der Waals surface area contributed by atoms with Crippen LogP contribution < -0.4 is 11.3 Å². The van der Waals surface area contributed by atoms with Crippen LogP contribution in [0.25, 0.3) is 0 Å². The molecule has 0 aromatic rings. The quantitative estimate of drug-likeness (QED) is 0.278. The van der Waals surface area contributed by atoms with Gasteiger partial charge in [0, 0.05) is 18.2 Å². The molecule has 1 amide bonds. The average Bonchev–Trinajstić information content (AvgIpc) is 2.30. The molecule has 96 valence electrons. The minimum Gasteiger partial charge on any atom is -0.303 e. The number of thioether (sulfide) groups is 1. The van der Waals surface area contributed by atoms with Crippen molar-refractivity contribution >= 4 is 17.7 Å². The zero-order valence-electron chi connectivity index (χ0n) is 10.7. The summed E-state index contributed by atoms with van der Waals surface area (Å²) in [5, 5.41) is 0. The van der Waals surface area contributed by atoms with Gasteiger partial charge in [-0.1, -0.05) is 6.92 Å². The minimum atomic E-state index is -0.0705. The molecule has 1 unspecified atom stereocenters. The number of nitrogens with zero attached hydrogens (tertiary/aromatic N) is 1. The molecule has 0 saturated heterocycles. The number of hydrogen-bond donors (Lipinski definition) is 2. The first-order valence-corrected chi connectivity index (χ1v) is 7.23. The third-order valence-corrected chi connectivity index (χ3v) is 3.50. The van der Waals surface area contributed by atoms with Crippen molar-refractivity contribution in [3.63, 3.8) is 0 Å². The Kier molecular flexibility index (Phi) is 9.77. The molecule has 0 aromatic carbocycles. The number of unbranched alkanes of at least 4 members (excludes halogenated alkanes) is 1. The third kappa shape index (κ3) is 7.09. The first-order valence-electron chi connectivity index (χ1n) is 5.84. The predicted molar refractivity (Wildman–Crippen MR) is 71.3 cm³/mol. The van der Waals surface area contributed by atoms with Gasteiger partial charge in [-0.05, 0) is 39.1 Å². The molecule has 5 heteroatoms. The highest BCUT2D eigenvalue weighted by Gasteiger charge is 2.11. The molecule has 0 radical (unpaired) electrons. The van der Waals surface area contributed by atoms with Gasteiger partial charge in [0.25, 0.3) is 0 Å². The zero-order chi connectivity index (χ0) is 12.4. The summed E-state index contributed by atoms with van der Waals surface area (Å²) in [6.45, 7) is 3.27. The Morgan fingerprint density at radius 3 is 2.69 bits per heavy atom. The summed E-state index contributed by atoms with van der Waals surface area (Å²) in [4.78, 5) is 13.3. The molecule has 16 heavy (non-hydrogen) atoms. The largest absolute Gasteiger partial charge is 0.303 e. The topological polar surface area (TPSA) is 58.4 Å². The van der Waals surface area contributed by atoms with E-state index in [1.807, 2.05) is 11.8 Å². The monoisotopic (exact) mass is 247 g/mol. The maximum atomic E-state index is 10.9.